The van der Waals surface area contributed by atoms with E-state index in [1.807, 2.05) is 0 Å². The standard InChI is InChI=1S/C9H15N5O/c1-6-12-8(14-13-6)9(15)11-5-4-10-7-2-3-7/h7,10H,2-5H2,1H3,(H,11,15)(H,12,13,14). The highest BCUT2D eigenvalue weighted by Gasteiger charge is 2.19. The molecule has 6 heteroatoms. The number of aromatic nitrogens is 3. The van der Waals surface area contributed by atoms with Crippen LogP contribution in [0.15, 0.2) is 0 Å². The van der Waals surface area contributed by atoms with E-state index in [-0.39, 0.29) is 11.7 Å². The lowest BCUT2D eigenvalue weighted by molar-refractivity contribution is 0.0944. The summed E-state index contributed by atoms with van der Waals surface area (Å²) in [5.41, 5.74) is 0. The summed E-state index contributed by atoms with van der Waals surface area (Å²) in [6.07, 6.45) is 2.52. The van der Waals surface area contributed by atoms with Crippen molar-refractivity contribution >= 4 is 5.91 Å². The number of aryl methyl sites for hydroxylation is 1. The summed E-state index contributed by atoms with van der Waals surface area (Å²) in [7, 11) is 0. The Morgan fingerprint density at radius 3 is 2.93 bits per heavy atom. The molecule has 0 aliphatic heterocycles. The van der Waals surface area contributed by atoms with Crippen LogP contribution < -0.4 is 10.6 Å². The first-order valence-corrected chi connectivity index (χ1v) is 5.16. The second kappa shape index (κ2) is 4.39. The van der Waals surface area contributed by atoms with Crippen molar-refractivity contribution in [2.45, 2.75) is 25.8 Å². The molecule has 6 nitrogen and oxygen atoms in total. The van der Waals surface area contributed by atoms with Crippen molar-refractivity contribution in [3.05, 3.63) is 11.6 Å². The largest absolute Gasteiger partial charge is 0.348 e. The molecule has 0 aromatic carbocycles. The molecule has 0 atom stereocenters. The first kappa shape index (κ1) is 10.1. The summed E-state index contributed by atoms with van der Waals surface area (Å²) in [6.45, 7) is 3.18. The third kappa shape index (κ3) is 3.02. The van der Waals surface area contributed by atoms with Crippen LogP contribution in [-0.2, 0) is 0 Å². The van der Waals surface area contributed by atoms with Crippen LogP contribution in [0.4, 0.5) is 0 Å². The van der Waals surface area contributed by atoms with E-state index in [1.54, 1.807) is 6.92 Å². The minimum absolute atomic E-state index is 0.207. The van der Waals surface area contributed by atoms with Crippen LogP contribution in [0.3, 0.4) is 0 Å². The molecule has 0 unspecified atom stereocenters. The molecule has 0 bridgehead atoms. The summed E-state index contributed by atoms with van der Waals surface area (Å²) < 4.78 is 0. The van der Waals surface area contributed by atoms with Crippen LogP contribution in [-0.4, -0.2) is 40.2 Å². The van der Waals surface area contributed by atoms with Crippen LogP contribution >= 0.6 is 0 Å². The fourth-order valence-corrected chi connectivity index (χ4v) is 1.26. The highest BCUT2D eigenvalue weighted by molar-refractivity contribution is 5.90. The van der Waals surface area contributed by atoms with Gasteiger partial charge in [-0.05, 0) is 19.8 Å². The molecule has 0 radical (unpaired) electrons. The first-order valence-electron chi connectivity index (χ1n) is 5.16. The zero-order valence-electron chi connectivity index (χ0n) is 8.71. The van der Waals surface area contributed by atoms with Gasteiger partial charge in [0.1, 0.15) is 5.82 Å². The zero-order valence-corrected chi connectivity index (χ0v) is 8.71. The lowest BCUT2D eigenvalue weighted by atomic mass is 10.5. The Bertz CT molecular complexity index is 344. The van der Waals surface area contributed by atoms with Gasteiger partial charge in [-0.25, -0.2) is 4.98 Å². The number of amides is 1. The second-order valence-electron chi connectivity index (χ2n) is 3.73. The summed E-state index contributed by atoms with van der Waals surface area (Å²) in [5.74, 6) is 0.632. The molecule has 1 amide bonds. The molecule has 0 saturated heterocycles. The van der Waals surface area contributed by atoms with Gasteiger partial charge in [-0.3, -0.25) is 9.89 Å². The van der Waals surface area contributed by atoms with Crippen molar-refractivity contribution in [1.29, 1.82) is 0 Å². The molecule has 15 heavy (non-hydrogen) atoms. The monoisotopic (exact) mass is 209 g/mol. The van der Waals surface area contributed by atoms with Crippen molar-refractivity contribution in [1.82, 2.24) is 25.8 Å². The van der Waals surface area contributed by atoms with E-state index in [0.717, 1.165) is 6.54 Å². The third-order valence-corrected chi connectivity index (χ3v) is 2.22. The number of hydrogen-bond donors (Lipinski definition) is 3. The van der Waals surface area contributed by atoms with Crippen LogP contribution in [0.1, 0.15) is 29.3 Å². The quantitative estimate of drug-likeness (QED) is 0.576. The lowest BCUT2D eigenvalue weighted by Crippen LogP contribution is -2.33. The normalized spacial score (nSPS) is 15.3. The van der Waals surface area contributed by atoms with Gasteiger partial charge in [0.15, 0.2) is 0 Å². The molecule has 1 saturated carbocycles. The predicted molar refractivity (Wildman–Crippen MR) is 54.5 cm³/mol. The summed E-state index contributed by atoms with van der Waals surface area (Å²) in [5, 5.41) is 12.5. The average molecular weight is 209 g/mol. The molecular weight excluding hydrogens is 194 g/mol. The summed E-state index contributed by atoms with van der Waals surface area (Å²) in [4.78, 5) is 15.4. The maximum atomic E-state index is 11.4. The number of nitrogens with zero attached hydrogens (tertiary/aromatic N) is 2. The van der Waals surface area contributed by atoms with Crippen molar-refractivity contribution in [2.75, 3.05) is 13.1 Å². The Morgan fingerprint density at radius 1 is 1.53 bits per heavy atom. The van der Waals surface area contributed by atoms with Gasteiger partial charge in [0.25, 0.3) is 5.91 Å². The van der Waals surface area contributed by atoms with Crippen molar-refractivity contribution in [3.63, 3.8) is 0 Å². The highest BCUT2D eigenvalue weighted by atomic mass is 16.2. The van der Waals surface area contributed by atoms with Gasteiger partial charge in [-0.2, -0.15) is 0 Å². The SMILES string of the molecule is Cc1nc(C(=O)NCCNC2CC2)n[nH]1. The number of H-pyrrole nitrogens is 1. The molecule has 1 aliphatic rings. The molecule has 1 fully saturated rings. The maximum Gasteiger partial charge on any atom is 0.291 e. The molecule has 1 heterocycles. The summed E-state index contributed by atoms with van der Waals surface area (Å²) in [6, 6.07) is 0.674. The molecule has 0 spiro atoms. The molecule has 1 aromatic rings. The second-order valence-corrected chi connectivity index (χ2v) is 3.73. The number of carbonyl (C=O) groups excluding carboxylic acids is 1. The van der Waals surface area contributed by atoms with Crippen molar-refractivity contribution < 1.29 is 4.79 Å². The van der Waals surface area contributed by atoms with Crippen LogP contribution in [0.2, 0.25) is 0 Å². The van der Waals surface area contributed by atoms with Gasteiger partial charge in [0.05, 0.1) is 0 Å². The Labute approximate surface area is 87.9 Å². The molecular formula is C9H15N5O. The number of hydrogen-bond acceptors (Lipinski definition) is 4. The van der Waals surface area contributed by atoms with E-state index < -0.39 is 0 Å². The van der Waals surface area contributed by atoms with E-state index in [4.69, 9.17) is 0 Å². The van der Waals surface area contributed by atoms with Gasteiger partial charge in [-0.1, -0.05) is 0 Å². The Balaban J connectivity index is 1.67. The lowest BCUT2D eigenvalue weighted by Gasteiger charge is -2.03. The number of aromatic amines is 1. The van der Waals surface area contributed by atoms with Gasteiger partial charge < -0.3 is 10.6 Å². The van der Waals surface area contributed by atoms with E-state index >= 15 is 0 Å². The molecule has 82 valence electrons. The zero-order chi connectivity index (χ0) is 10.7. The van der Waals surface area contributed by atoms with Crippen molar-refractivity contribution in [3.8, 4) is 0 Å². The average Bonchev–Trinajstić information content (AvgIpc) is 2.94. The van der Waals surface area contributed by atoms with Crippen molar-refractivity contribution in [2.24, 2.45) is 0 Å². The molecule has 3 N–H and O–H groups in total. The predicted octanol–water partition coefficient (Wildman–Crippen LogP) is -0.405. The van der Waals surface area contributed by atoms with E-state index in [1.165, 1.54) is 12.8 Å². The van der Waals surface area contributed by atoms with E-state index in [2.05, 4.69) is 25.8 Å². The maximum absolute atomic E-state index is 11.4. The van der Waals surface area contributed by atoms with Gasteiger partial charge >= 0.3 is 0 Å². The topological polar surface area (TPSA) is 82.7 Å². The molecule has 1 aliphatic carbocycles. The Hall–Kier alpha value is -1.43. The van der Waals surface area contributed by atoms with E-state index in [0.29, 0.717) is 18.4 Å². The Morgan fingerprint density at radius 2 is 2.33 bits per heavy atom. The first-order chi connectivity index (χ1) is 7.25. The number of carbonyl (C=O) groups is 1. The fraction of sp³-hybridized carbons (Fsp3) is 0.667. The number of rotatable bonds is 5. The third-order valence-electron chi connectivity index (χ3n) is 2.22. The van der Waals surface area contributed by atoms with Crippen LogP contribution in [0.5, 0.6) is 0 Å². The minimum Gasteiger partial charge on any atom is -0.348 e. The number of nitrogens with one attached hydrogen (secondary N) is 3. The smallest absolute Gasteiger partial charge is 0.291 e. The van der Waals surface area contributed by atoms with Crippen LogP contribution in [0, 0.1) is 6.92 Å². The fourth-order valence-electron chi connectivity index (χ4n) is 1.26. The molecule has 1 aromatic heterocycles. The Kier molecular flexibility index (Phi) is 2.96. The highest BCUT2D eigenvalue weighted by Crippen LogP contribution is 2.17. The minimum atomic E-state index is -0.225. The van der Waals surface area contributed by atoms with Gasteiger partial charge in [-0.15, -0.1) is 5.10 Å². The van der Waals surface area contributed by atoms with E-state index in [9.17, 15) is 4.79 Å². The summed E-state index contributed by atoms with van der Waals surface area (Å²) >= 11 is 0. The van der Waals surface area contributed by atoms with Crippen LogP contribution in [0.25, 0.3) is 0 Å². The molecule has 2 rings (SSSR count). The van der Waals surface area contributed by atoms with Gasteiger partial charge in [0, 0.05) is 19.1 Å². The van der Waals surface area contributed by atoms with Gasteiger partial charge in [0.2, 0.25) is 5.82 Å².